The lowest BCUT2D eigenvalue weighted by Gasteiger charge is -2.21. The van der Waals surface area contributed by atoms with Gasteiger partial charge in [-0.2, -0.15) is 5.10 Å². The van der Waals surface area contributed by atoms with Gasteiger partial charge in [0, 0.05) is 27.7 Å². The summed E-state index contributed by atoms with van der Waals surface area (Å²) in [5, 5.41) is 4.22. The molecule has 0 radical (unpaired) electrons. The minimum Gasteiger partial charge on any atom is -0.467 e. The highest BCUT2D eigenvalue weighted by atomic mass is 32.1. The first-order chi connectivity index (χ1) is 13.7. The number of carbonyl (C=O) groups is 1. The standard InChI is InChI=1S/C22H21N3O2S/c1-17-5-10-21(28-17)16-24(15-20-4-2-13-27-20)22(26)19-8-6-18(7-9-19)14-25-12-3-11-23-25/h2-13H,14-16H2,1H3. The number of hydrogen-bond donors (Lipinski definition) is 0. The first kappa shape index (κ1) is 18.3. The molecule has 4 rings (SSSR count). The van der Waals surface area contributed by atoms with Gasteiger partial charge in [-0.25, -0.2) is 0 Å². The maximum atomic E-state index is 13.2. The van der Waals surface area contributed by atoms with Crippen molar-refractivity contribution in [3.63, 3.8) is 0 Å². The van der Waals surface area contributed by atoms with Gasteiger partial charge < -0.3 is 9.32 Å². The van der Waals surface area contributed by atoms with Gasteiger partial charge in [0.1, 0.15) is 5.76 Å². The Labute approximate surface area is 167 Å². The fraction of sp³-hybridized carbons (Fsp3) is 0.182. The third-order valence-electron chi connectivity index (χ3n) is 4.46. The van der Waals surface area contributed by atoms with Crippen LogP contribution in [0.1, 0.15) is 31.4 Å². The molecule has 0 aliphatic heterocycles. The van der Waals surface area contributed by atoms with E-state index >= 15 is 0 Å². The summed E-state index contributed by atoms with van der Waals surface area (Å²) in [6.45, 7) is 3.77. The molecular formula is C22H21N3O2S. The molecule has 0 spiro atoms. The molecular weight excluding hydrogens is 370 g/mol. The van der Waals surface area contributed by atoms with Crippen molar-refractivity contribution in [1.82, 2.24) is 14.7 Å². The van der Waals surface area contributed by atoms with Crippen molar-refractivity contribution < 1.29 is 9.21 Å². The van der Waals surface area contributed by atoms with Crippen LogP contribution in [0.25, 0.3) is 0 Å². The Hall–Kier alpha value is -3.12. The van der Waals surface area contributed by atoms with Gasteiger partial charge in [0.25, 0.3) is 5.91 Å². The van der Waals surface area contributed by atoms with Crippen LogP contribution in [0.4, 0.5) is 0 Å². The van der Waals surface area contributed by atoms with Crippen molar-refractivity contribution >= 4 is 17.2 Å². The molecule has 3 heterocycles. The number of furan rings is 1. The predicted octanol–water partition coefficient (Wildman–Crippen LogP) is 4.74. The van der Waals surface area contributed by atoms with E-state index in [0.717, 1.165) is 16.2 Å². The minimum atomic E-state index is -0.00640. The lowest BCUT2D eigenvalue weighted by Crippen LogP contribution is -2.29. The second kappa shape index (κ2) is 8.27. The van der Waals surface area contributed by atoms with Crippen molar-refractivity contribution in [2.24, 2.45) is 0 Å². The summed E-state index contributed by atoms with van der Waals surface area (Å²) in [6.07, 6.45) is 5.32. The van der Waals surface area contributed by atoms with E-state index in [2.05, 4.69) is 24.2 Å². The summed E-state index contributed by atoms with van der Waals surface area (Å²) < 4.78 is 7.33. The Kier molecular flexibility index (Phi) is 5.39. The molecule has 1 aromatic carbocycles. The highest BCUT2D eigenvalue weighted by molar-refractivity contribution is 7.11. The van der Waals surface area contributed by atoms with Crippen molar-refractivity contribution in [3.05, 3.63) is 99.9 Å². The zero-order chi connectivity index (χ0) is 19.3. The van der Waals surface area contributed by atoms with Crippen LogP contribution in [0.3, 0.4) is 0 Å². The maximum Gasteiger partial charge on any atom is 0.254 e. The SMILES string of the molecule is Cc1ccc(CN(Cc2ccco2)C(=O)c2ccc(Cn3cccn3)cc2)s1. The van der Waals surface area contributed by atoms with Crippen LogP contribution < -0.4 is 0 Å². The van der Waals surface area contributed by atoms with E-state index in [0.29, 0.717) is 25.2 Å². The van der Waals surface area contributed by atoms with Gasteiger partial charge in [0.15, 0.2) is 0 Å². The summed E-state index contributed by atoms with van der Waals surface area (Å²) in [5.41, 5.74) is 1.77. The zero-order valence-electron chi connectivity index (χ0n) is 15.6. The van der Waals surface area contributed by atoms with Crippen LogP contribution in [0.2, 0.25) is 0 Å². The van der Waals surface area contributed by atoms with E-state index in [1.807, 2.05) is 58.2 Å². The first-order valence-corrected chi connectivity index (χ1v) is 9.92. The number of benzene rings is 1. The number of rotatable bonds is 7. The summed E-state index contributed by atoms with van der Waals surface area (Å²) in [7, 11) is 0. The smallest absolute Gasteiger partial charge is 0.254 e. The Morgan fingerprint density at radius 3 is 2.61 bits per heavy atom. The van der Waals surface area contributed by atoms with Crippen molar-refractivity contribution in [1.29, 1.82) is 0 Å². The lowest BCUT2D eigenvalue weighted by molar-refractivity contribution is 0.0719. The molecule has 0 fully saturated rings. The number of carbonyl (C=O) groups excluding carboxylic acids is 1. The molecule has 5 nitrogen and oxygen atoms in total. The number of amides is 1. The summed E-state index contributed by atoms with van der Waals surface area (Å²) in [5.74, 6) is 0.769. The Bertz CT molecular complexity index is 1020. The predicted molar refractivity (Wildman–Crippen MR) is 109 cm³/mol. The molecule has 0 bridgehead atoms. The van der Waals surface area contributed by atoms with Crippen LogP contribution in [0, 0.1) is 6.92 Å². The van der Waals surface area contributed by atoms with Crippen molar-refractivity contribution in [2.75, 3.05) is 0 Å². The van der Waals surface area contributed by atoms with Gasteiger partial charge in [-0.3, -0.25) is 9.48 Å². The summed E-state index contributed by atoms with van der Waals surface area (Å²) in [6, 6.07) is 17.5. The topological polar surface area (TPSA) is 51.3 Å². The Morgan fingerprint density at radius 1 is 1.11 bits per heavy atom. The molecule has 0 saturated carbocycles. The largest absolute Gasteiger partial charge is 0.467 e. The third kappa shape index (κ3) is 4.40. The second-order valence-electron chi connectivity index (χ2n) is 6.65. The van der Waals surface area contributed by atoms with Gasteiger partial charge in [-0.05, 0) is 55.0 Å². The molecule has 1 amide bonds. The van der Waals surface area contributed by atoms with Crippen LogP contribution in [0.5, 0.6) is 0 Å². The second-order valence-corrected chi connectivity index (χ2v) is 8.03. The molecule has 142 valence electrons. The summed E-state index contributed by atoms with van der Waals surface area (Å²) in [4.78, 5) is 17.4. The van der Waals surface area contributed by atoms with E-state index in [1.165, 1.54) is 4.88 Å². The Balaban J connectivity index is 1.51. The third-order valence-corrected chi connectivity index (χ3v) is 5.45. The van der Waals surface area contributed by atoms with Gasteiger partial charge in [-0.15, -0.1) is 11.3 Å². The molecule has 0 aliphatic carbocycles. The Morgan fingerprint density at radius 2 is 1.96 bits per heavy atom. The normalized spacial score (nSPS) is 10.9. The quantitative estimate of drug-likeness (QED) is 0.457. The average Bonchev–Trinajstić information content (AvgIpc) is 3.46. The average molecular weight is 391 g/mol. The fourth-order valence-corrected chi connectivity index (χ4v) is 3.97. The summed E-state index contributed by atoms with van der Waals surface area (Å²) >= 11 is 1.71. The number of nitrogens with zero attached hydrogens (tertiary/aromatic N) is 3. The molecule has 0 saturated heterocycles. The molecule has 0 aliphatic rings. The number of aryl methyl sites for hydroxylation is 1. The maximum absolute atomic E-state index is 13.2. The molecule has 0 unspecified atom stereocenters. The van der Waals surface area contributed by atoms with Crippen LogP contribution in [0.15, 0.2) is 77.7 Å². The monoisotopic (exact) mass is 391 g/mol. The first-order valence-electron chi connectivity index (χ1n) is 9.11. The fourth-order valence-electron chi connectivity index (χ4n) is 3.06. The highest BCUT2D eigenvalue weighted by Gasteiger charge is 2.18. The number of hydrogen-bond acceptors (Lipinski definition) is 4. The number of thiophene rings is 1. The molecule has 28 heavy (non-hydrogen) atoms. The van der Waals surface area contributed by atoms with Gasteiger partial charge in [0.2, 0.25) is 0 Å². The van der Waals surface area contributed by atoms with Gasteiger partial charge >= 0.3 is 0 Å². The minimum absolute atomic E-state index is 0.00640. The van der Waals surface area contributed by atoms with Crippen LogP contribution in [-0.4, -0.2) is 20.6 Å². The van der Waals surface area contributed by atoms with Crippen LogP contribution in [-0.2, 0) is 19.6 Å². The van der Waals surface area contributed by atoms with Crippen LogP contribution >= 0.6 is 11.3 Å². The van der Waals surface area contributed by atoms with Crippen molar-refractivity contribution in [2.45, 2.75) is 26.6 Å². The van der Waals surface area contributed by atoms with E-state index in [-0.39, 0.29) is 5.91 Å². The zero-order valence-corrected chi connectivity index (χ0v) is 16.4. The van der Waals surface area contributed by atoms with Crippen molar-refractivity contribution in [3.8, 4) is 0 Å². The van der Waals surface area contributed by atoms with Gasteiger partial charge in [-0.1, -0.05) is 12.1 Å². The van der Waals surface area contributed by atoms with Gasteiger partial charge in [0.05, 0.1) is 25.9 Å². The molecule has 3 aromatic heterocycles. The lowest BCUT2D eigenvalue weighted by atomic mass is 10.1. The molecule has 0 atom stereocenters. The van der Waals surface area contributed by atoms with E-state index < -0.39 is 0 Å². The van der Waals surface area contributed by atoms with E-state index in [1.54, 1.807) is 23.8 Å². The highest BCUT2D eigenvalue weighted by Crippen LogP contribution is 2.20. The van der Waals surface area contributed by atoms with E-state index in [4.69, 9.17) is 4.42 Å². The molecule has 4 aromatic rings. The van der Waals surface area contributed by atoms with E-state index in [9.17, 15) is 4.79 Å². The molecule has 0 N–H and O–H groups in total. The number of aromatic nitrogens is 2. The molecule has 6 heteroatoms.